The summed E-state index contributed by atoms with van der Waals surface area (Å²) in [5, 5.41) is 3.74. The van der Waals surface area contributed by atoms with Gasteiger partial charge in [0.2, 0.25) is 5.91 Å². The summed E-state index contributed by atoms with van der Waals surface area (Å²) >= 11 is 0. The lowest BCUT2D eigenvalue weighted by atomic mass is 10.1. The molecule has 1 fully saturated rings. The third kappa shape index (κ3) is 3.84. The molecule has 0 bridgehead atoms. The van der Waals surface area contributed by atoms with E-state index in [2.05, 4.69) is 10.5 Å². The largest absolute Gasteiger partial charge is 0.273 e. The standard InChI is InChI=1S/C13H14F2N2O3S/c1-8(11-3-2-10(14)6-12(11)15)16-17-13(18)9-4-5-21(19,20)7-9/h2-3,6,9H,4-5,7H2,1H3,(H,17,18)/b16-8-/t9-/m0/s1. The molecule has 0 unspecified atom stereocenters. The van der Waals surface area contributed by atoms with Crippen LogP contribution >= 0.6 is 0 Å². The average Bonchev–Trinajstić information content (AvgIpc) is 2.76. The minimum absolute atomic E-state index is 0.0135. The lowest BCUT2D eigenvalue weighted by Gasteiger charge is -2.07. The van der Waals surface area contributed by atoms with Crippen LogP contribution in [0.1, 0.15) is 18.9 Å². The molecule has 8 heteroatoms. The van der Waals surface area contributed by atoms with Crippen LogP contribution in [-0.2, 0) is 14.6 Å². The summed E-state index contributed by atoms with van der Waals surface area (Å²) in [7, 11) is -3.15. The van der Waals surface area contributed by atoms with Crippen LogP contribution < -0.4 is 5.43 Å². The van der Waals surface area contributed by atoms with Crippen molar-refractivity contribution in [2.75, 3.05) is 11.5 Å². The monoisotopic (exact) mass is 316 g/mol. The van der Waals surface area contributed by atoms with E-state index in [-0.39, 0.29) is 29.2 Å². The SMILES string of the molecule is C/C(=N/NC(=O)[C@H]1CCS(=O)(=O)C1)c1ccc(F)cc1F. The average molecular weight is 316 g/mol. The molecular formula is C13H14F2N2O3S. The Morgan fingerprint density at radius 1 is 1.38 bits per heavy atom. The van der Waals surface area contributed by atoms with Gasteiger partial charge in [-0.25, -0.2) is 22.6 Å². The summed E-state index contributed by atoms with van der Waals surface area (Å²) in [6.45, 7) is 1.46. The molecular weight excluding hydrogens is 302 g/mol. The van der Waals surface area contributed by atoms with E-state index in [9.17, 15) is 22.0 Å². The van der Waals surface area contributed by atoms with Gasteiger partial charge in [-0.15, -0.1) is 0 Å². The number of halogens is 2. The maximum Gasteiger partial charge on any atom is 0.244 e. The van der Waals surface area contributed by atoms with Crippen molar-refractivity contribution in [3.05, 3.63) is 35.4 Å². The first kappa shape index (κ1) is 15.6. The highest BCUT2D eigenvalue weighted by Crippen LogP contribution is 2.18. The lowest BCUT2D eigenvalue weighted by molar-refractivity contribution is -0.124. The maximum absolute atomic E-state index is 13.5. The van der Waals surface area contributed by atoms with Gasteiger partial charge >= 0.3 is 0 Å². The van der Waals surface area contributed by atoms with Crippen LogP contribution in [0.3, 0.4) is 0 Å². The number of nitrogens with one attached hydrogen (secondary N) is 1. The Hall–Kier alpha value is -1.83. The molecule has 1 aliphatic heterocycles. The molecule has 1 aromatic carbocycles. The van der Waals surface area contributed by atoms with Gasteiger partial charge in [0.25, 0.3) is 0 Å². The van der Waals surface area contributed by atoms with E-state index >= 15 is 0 Å². The molecule has 0 spiro atoms. The fraction of sp³-hybridized carbons (Fsp3) is 0.385. The summed E-state index contributed by atoms with van der Waals surface area (Å²) in [6, 6.07) is 3.03. The number of benzene rings is 1. The Balaban J connectivity index is 2.05. The minimum atomic E-state index is -3.15. The molecule has 1 atom stereocenters. The molecule has 0 saturated carbocycles. The fourth-order valence-electron chi connectivity index (χ4n) is 2.08. The number of carbonyl (C=O) groups is 1. The first-order chi connectivity index (χ1) is 9.78. The van der Waals surface area contributed by atoms with Crippen LogP contribution in [0.15, 0.2) is 23.3 Å². The van der Waals surface area contributed by atoms with Crippen molar-refractivity contribution in [1.29, 1.82) is 0 Å². The molecule has 0 radical (unpaired) electrons. The van der Waals surface area contributed by atoms with Crippen LogP contribution in [0.2, 0.25) is 0 Å². The highest BCUT2D eigenvalue weighted by Gasteiger charge is 2.32. The predicted molar refractivity (Wildman–Crippen MR) is 73.5 cm³/mol. The smallest absolute Gasteiger partial charge is 0.244 e. The number of rotatable bonds is 3. The van der Waals surface area contributed by atoms with E-state index in [1.165, 1.54) is 13.0 Å². The minimum Gasteiger partial charge on any atom is -0.273 e. The number of sulfone groups is 1. The molecule has 0 aromatic heterocycles. The summed E-state index contributed by atoms with van der Waals surface area (Å²) in [4.78, 5) is 11.8. The second-order valence-corrected chi connectivity index (χ2v) is 7.13. The summed E-state index contributed by atoms with van der Waals surface area (Å²) in [5.41, 5.74) is 2.46. The van der Waals surface area contributed by atoms with Crippen molar-refractivity contribution < 1.29 is 22.0 Å². The Labute approximate surface area is 121 Å². The van der Waals surface area contributed by atoms with E-state index in [0.717, 1.165) is 12.1 Å². The topological polar surface area (TPSA) is 75.6 Å². The molecule has 1 aliphatic rings. The Kier molecular flexibility index (Phi) is 4.36. The Morgan fingerprint density at radius 2 is 2.10 bits per heavy atom. The predicted octanol–water partition coefficient (Wildman–Crippen LogP) is 1.24. The van der Waals surface area contributed by atoms with Gasteiger partial charge in [0.05, 0.1) is 23.1 Å². The van der Waals surface area contributed by atoms with Crippen molar-refractivity contribution >= 4 is 21.5 Å². The molecule has 114 valence electrons. The molecule has 1 aromatic rings. The van der Waals surface area contributed by atoms with Crippen LogP contribution in [0.5, 0.6) is 0 Å². The van der Waals surface area contributed by atoms with E-state index in [4.69, 9.17) is 0 Å². The third-order valence-corrected chi connectivity index (χ3v) is 5.03. The quantitative estimate of drug-likeness (QED) is 0.673. The van der Waals surface area contributed by atoms with Crippen LogP contribution in [0.4, 0.5) is 8.78 Å². The molecule has 1 saturated heterocycles. The first-order valence-electron chi connectivity index (χ1n) is 6.28. The number of carbonyl (C=O) groups excluding carboxylic acids is 1. The van der Waals surface area contributed by atoms with Crippen LogP contribution in [0, 0.1) is 17.6 Å². The zero-order valence-corrected chi connectivity index (χ0v) is 12.1. The number of hydrogen-bond donors (Lipinski definition) is 1. The van der Waals surface area contributed by atoms with E-state index in [1.54, 1.807) is 0 Å². The lowest BCUT2D eigenvalue weighted by Crippen LogP contribution is -2.28. The van der Waals surface area contributed by atoms with E-state index < -0.39 is 33.3 Å². The fourth-order valence-corrected chi connectivity index (χ4v) is 3.82. The molecule has 21 heavy (non-hydrogen) atoms. The van der Waals surface area contributed by atoms with Gasteiger partial charge in [-0.2, -0.15) is 5.10 Å². The number of nitrogens with zero attached hydrogens (tertiary/aromatic N) is 1. The van der Waals surface area contributed by atoms with Crippen molar-refractivity contribution in [3.63, 3.8) is 0 Å². The van der Waals surface area contributed by atoms with E-state index in [1.807, 2.05) is 0 Å². The number of hydrazone groups is 1. The third-order valence-electron chi connectivity index (χ3n) is 3.26. The summed E-state index contributed by atoms with van der Waals surface area (Å²) in [6.07, 6.45) is 0.258. The number of hydrogen-bond acceptors (Lipinski definition) is 4. The van der Waals surface area contributed by atoms with Crippen molar-refractivity contribution in [2.45, 2.75) is 13.3 Å². The van der Waals surface area contributed by atoms with Gasteiger partial charge in [-0.3, -0.25) is 4.79 Å². The highest BCUT2D eigenvalue weighted by molar-refractivity contribution is 7.91. The van der Waals surface area contributed by atoms with Gasteiger partial charge in [0.1, 0.15) is 11.6 Å². The summed E-state index contributed by atoms with van der Waals surface area (Å²) in [5.74, 6) is -2.85. The van der Waals surface area contributed by atoms with Gasteiger partial charge < -0.3 is 0 Å². The first-order valence-corrected chi connectivity index (χ1v) is 8.10. The Bertz CT molecular complexity index is 701. The molecule has 5 nitrogen and oxygen atoms in total. The second-order valence-electron chi connectivity index (χ2n) is 4.90. The van der Waals surface area contributed by atoms with Gasteiger partial charge in [0, 0.05) is 11.6 Å². The molecule has 2 rings (SSSR count). The number of amides is 1. The molecule has 1 N–H and O–H groups in total. The normalized spacial score (nSPS) is 21.3. The van der Waals surface area contributed by atoms with Crippen molar-refractivity contribution in [1.82, 2.24) is 5.43 Å². The van der Waals surface area contributed by atoms with Gasteiger partial charge in [-0.1, -0.05) is 0 Å². The van der Waals surface area contributed by atoms with Gasteiger partial charge in [-0.05, 0) is 25.5 Å². The van der Waals surface area contributed by atoms with Crippen molar-refractivity contribution in [3.8, 4) is 0 Å². The summed E-state index contributed by atoms with van der Waals surface area (Å²) < 4.78 is 48.9. The van der Waals surface area contributed by atoms with Crippen LogP contribution in [0.25, 0.3) is 0 Å². The maximum atomic E-state index is 13.5. The molecule has 1 heterocycles. The highest BCUT2D eigenvalue weighted by atomic mass is 32.2. The Morgan fingerprint density at radius 3 is 2.67 bits per heavy atom. The molecule has 1 amide bonds. The van der Waals surface area contributed by atoms with E-state index in [0.29, 0.717) is 0 Å². The van der Waals surface area contributed by atoms with Crippen molar-refractivity contribution in [2.24, 2.45) is 11.0 Å². The zero-order valence-electron chi connectivity index (χ0n) is 11.3. The zero-order chi connectivity index (χ0) is 15.6. The second kappa shape index (κ2) is 5.88. The van der Waals surface area contributed by atoms with Crippen LogP contribution in [-0.4, -0.2) is 31.5 Å². The van der Waals surface area contributed by atoms with Gasteiger partial charge in [0.15, 0.2) is 9.84 Å². The molecule has 0 aliphatic carbocycles.